The summed E-state index contributed by atoms with van der Waals surface area (Å²) in [6.07, 6.45) is 3.63. The molecule has 6 rings (SSSR count). The second-order valence-corrected chi connectivity index (χ2v) is 9.58. The topological polar surface area (TPSA) is 22.8 Å². The van der Waals surface area contributed by atoms with Crippen LogP contribution in [0.1, 0.15) is 22.5 Å². The Labute approximate surface area is 217 Å². The largest absolute Gasteiger partial charge is 0.313 e. The minimum atomic E-state index is 0.829. The van der Waals surface area contributed by atoms with E-state index in [4.69, 9.17) is 4.98 Å². The number of benzene rings is 4. The van der Waals surface area contributed by atoms with Crippen LogP contribution in [0.25, 0.3) is 62.2 Å². The van der Waals surface area contributed by atoms with Crippen molar-refractivity contribution in [1.82, 2.24) is 14.1 Å². The Morgan fingerprint density at radius 2 is 1.19 bits per heavy atom. The van der Waals surface area contributed by atoms with Crippen LogP contribution in [-0.4, -0.2) is 14.1 Å². The zero-order valence-electron chi connectivity index (χ0n) is 21.5. The quantitative estimate of drug-likeness (QED) is 0.242. The molecule has 0 unspecified atom stereocenters. The van der Waals surface area contributed by atoms with E-state index in [0.29, 0.717) is 0 Å². The molecule has 0 aliphatic heterocycles. The highest BCUT2D eigenvalue weighted by Crippen LogP contribution is 2.38. The molecule has 0 aliphatic rings. The molecule has 2 heterocycles. The summed E-state index contributed by atoms with van der Waals surface area (Å²) in [7, 11) is 2.04. The molecule has 0 amide bonds. The molecule has 0 radical (unpaired) electrons. The summed E-state index contributed by atoms with van der Waals surface area (Å²) < 4.78 is 4.35. The predicted molar refractivity (Wildman–Crippen MR) is 158 cm³/mol. The van der Waals surface area contributed by atoms with Gasteiger partial charge in [0.05, 0.1) is 22.4 Å². The van der Waals surface area contributed by atoms with Gasteiger partial charge in [0.1, 0.15) is 0 Å². The van der Waals surface area contributed by atoms with E-state index in [9.17, 15) is 0 Å². The first-order valence-electron chi connectivity index (χ1n) is 12.5. The number of rotatable bonds is 5. The lowest BCUT2D eigenvalue weighted by Gasteiger charge is -2.10. The molecule has 180 valence electrons. The van der Waals surface area contributed by atoms with Gasteiger partial charge in [-0.1, -0.05) is 73.8 Å². The van der Waals surface area contributed by atoms with Gasteiger partial charge in [0.25, 0.3) is 0 Å². The Morgan fingerprint density at radius 1 is 0.676 bits per heavy atom. The molecule has 0 saturated heterocycles. The summed E-state index contributed by atoms with van der Waals surface area (Å²) in [5, 5.41) is 2.41. The molecule has 37 heavy (non-hydrogen) atoms. The highest BCUT2D eigenvalue weighted by atomic mass is 15.2. The molecule has 0 bridgehead atoms. The van der Waals surface area contributed by atoms with Crippen LogP contribution in [0.5, 0.6) is 0 Å². The fraction of sp³-hybridized carbons (Fsp3) is 0.0882. The second-order valence-electron chi connectivity index (χ2n) is 9.58. The summed E-state index contributed by atoms with van der Waals surface area (Å²) in [6, 6.07) is 30.6. The van der Waals surface area contributed by atoms with Gasteiger partial charge in [0.2, 0.25) is 5.95 Å². The van der Waals surface area contributed by atoms with Gasteiger partial charge >= 0.3 is 0 Å². The molecule has 0 fully saturated rings. The molecule has 0 saturated carbocycles. The summed E-state index contributed by atoms with van der Waals surface area (Å²) in [6.45, 7) is 12.3. The van der Waals surface area contributed by atoms with Gasteiger partial charge in [-0.15, -0.1) is 0 Å². The fourth-order valence-electron chi connectivity index (χ4n) is 5.48. The van der Waals surface area contributed by atoms with Crippen LogP contribution in [0, 0.1) is 13.8 Å². The van der Waals surface area contributed by atoms with Crippen LogP contribution < -0.4 is 0 Å². The van der Waals surface area contributed by atoms with Crippen LogP contribution >= 0.6 is 0 Å². The van der Waals surface area contributed by atoms with Crippen LogP contribution in [0.15, 0.2) is 98.1 Å². The van der Waals surface area contributed by atoms with Gasteiger partial charge in [0.15, 0.2) is 0 Å². The van der Waals surface area contributed by atoms with Crippen molar-refractivity contribution in [2.45, 2.75) is 13.8 Å². The number of aromatic nitrogens is 3. The minimum absolute atomic E-state index is 0.829. The van der Waals surface area contributed by atoms with Crippen molar-refractivity contribution in [3.8, 4) is 28.2 Å². The summed E-state index contributed by atoms with van der Waals surface area (Å²) in [5.74, 6) is 0.845. The number of imidazole rings is 1. The lowest BCUT2D eigenvalue weighted by Crippen LogP contribution is -2.04. The summed E-state index contributed by atoms with van der Waals surface area (Å²) in [5.41, 5.74) is 11.5. The lowest BCUT2D eigenvalue weighted by atomic mass is 9.97. The highest BCUT2D eigenvalue weighted by molar-refractivity contribution is 6.11. The third kappa shape index (κ3) is 3.54. The van der Waals surface area contributed by atoms with E-state index >= 15 is 0 Å². The molecule has 2 aromatic heterocycles. The minimum Gasteiger partial charge on any atom is -0.313 e. The van der Waals surface area contributed by atoms with E-state index in [-0.39, 0.29) is 0 Å². The maximum Gasteiger partial charge on any atom is 0.215 e. The number of nitrogens with zero attached hydrogens (tertiary/aromatic N) is 3. The van der Waals surface area contributed by atoms with Gasteiger partial charge in [-0.3, -0.25) is 4.57 Å². The van der Waals surface area contributed by atoms with E-state index in [1.807, 2.05) is 13.1 Å². The third-order valence-electron chi connectivity index (χ3n) is 7.41. The smallest absolute Gasteiger partial charge is 0.215 e. The zero-order valence-corrected chi connectivity index (χ0v) is 21.5. The first kappa shape index (κ1) is 22.8. The Kier molecular flexibility index (Phi) is 5.42. The summed E-state index contributed by atoms with van der Waals surface area (Å²) in [4.78, 5) is 4.97. The van der Waals surface area contributed by atoms with Gasteiger partial charge < -0.3 is 4.57 Å². The Morgan fingerprint density at radius 3 is 1.62 bits per heavy atom. The first-order chi connectivity index (χ1) is 18.0. The normalized spacial score (nSPS) is 11.3. The molecule has 3 nitrogen and oxygen atoms in total. The highest BCUT2D eigenvalue weighted by Gasteiger charge is 2.20. The average Bonchev–Trinajstić information content (AvgIpc) is 3.41. The molecular weight excluding hydrogens is 450 g/mol. The number of hydrogen-bond donors (Lipinski definition) is 0. The first-order valence-corrected chi connectivity index (χ1v) is 12.5. The standard InChI is InChI=1S/C34H29N3/c1-6-30-31(7-2)36(5)34(35-30)37-32-18-16-24(26-14-10-8-12-22(26)3)20-28(32)29-21-25(17-19-33(29)37)27-15-11-9-13-23(27)4/h6-21H,1-2H2,3-5H3. The molecule has 6 aromatic rings. The molecule has 0 spiro atoms. The van der Waals surface area contributed by atoms with Crippen molar-refractivity contribution in [2.24, 2.45) is 7.05 Å². The third-order valence-corrected chi connectivity index (χ3v) is 7.41. The number of fused-ring (bicyclic) bond motifs is 3. The molecular formula is C34H29N3. The molecule has 0 atom stereocenters. The van der Waals surface area contributed by atoms with Crippen LogP contribution in [0.3, 0.4) is 0 Å². The predicted octanol–water partition coefficient (Wildman–Crippen LogP) is 8.75. The second kappa shape index (κ2) is 8.79. The Hall–Kier alpha value is -4.63. The van der Waals surface area contributed by atoms with E-state index in [1.165, 1.54) is 44.2 Å². The fourth-order valence-corrected chi connectivity index (χ4v) is 5.48. The van der Waals surface area contributed by atoms with Crippen molar-refractivity contribution in [3.05, 3.63) is 121 Å². The monoisotopic (exact) mass is 479 g/mol. The summed E-state index contributed by atoms with van der Waals surface area (Å²) >= 11 is 0. The molecule has 0 N–H and O–H groups in total. The van der Waals surface area contributed by atoms with Crippen LogP contribution in [-0.2, 0) is 7.05 Å². The van der Waals surface area contributed by atoms with Crippen molar-refractivity contribution >= 4 is 34.0 Å². The van der Waals surface area contributed by atoms with E-state index in [0.717, 1.165) is 28.4 Å². The van der Waals surface area contributed by atoms with Gasteiger partial charge in [-0.2, -0.15) is 0 Å². The Bertz CT molecular complexity index is 1740. The number of aryl methyl sites for hydroxylation is 2. The zero-order chi connectivity index (χ0) is 25.7. The van der Waals surface area contributed by atoms with Gasteiger partial charge in [-0.05, 0) is 83.6 Å². The van der Waals surface area contributed by atoms with Crippen molar-refractivity contribution in [2.75, 3.05) is 0 Å². The molecule has 0 aliphatic carbocycles. The SMILES string of the molecule is C=Cc1nc(-n2c3ccc(-c4ccccc4C)cc3c3cc(-c4ccccc4C)ccc32)n(C)c1C=C. The molecule has 4 aromatic carbocycles. The van der Waals surface area contributed by atoms with Crippen LogP contribution in [0.2, 0.25) is 0 Å². The number of hydrogen-bond acceptors (Lipinski definition) is 1. The van der Waals surface area contributed by atoms with Crippen molar-refractivity contribution < 1.29 is 0 Å². The lowest BCUT2D eigenvalue weighted by molar-refractivity contribution is 0.839. The maximum atomic E-state index is 4.97. The van der Waals surface area contributed by atoms with Gasteiger partial charge in [-0.25, -0.2) is 4.98 Å². The van der Waals surface area contributed by atoms with E-state index < -0.39 is 0 Å². The Balaban J connectivity index is 1.71. The molecule has 3 heteroatoms. The van der Waals surface area contributed by atoms with E-state index in [2.05, 4.69) is 121 Å². The average molecular weight is 480 g/mol. The van der Waals surface area contributed by atoms with Crippen molar-refractivity contribution in [1.29, 1.82) is 0 Å². The van der Waals surface area contributed by atoms with Gasteiger partial charge in [0, 0.05) is 17.8 Å². The van der Waals surface area contributed by atoms with Crippen LogP contribution in [0.4, 0.5) is 0 Å². The maximum absolute atomic E-state index is 4.97. The van der Waals surface area contributed by atoms with Crippen molar-refractivity contribution in [3.63, 3.8) is 0 Å². The van der Waals surface area contributed by atoms with E-state index in [1.54, 1.807) is 6.08 Å².